The highest BCUT2D eigenvalue weighted by Gasteiger charge is 2.52. The van der Waals surface area contributed by atoms with Gasteiger partial charge in [0.25, 0.3) is 0 Å². The lowest BCUT2D eigenvalue weighted by Gasteiger charge is -2.45. The first kappa shape index (κ1) is 18.1. The Morgan fingerprint density at radius 1 is 1.23 bits per heavy atom. The molecular weight excluding hydrogens is 296 g/mol. The summed E-state index contributed by atoms with van der Waals surface area (Å²) in [5, 5.41) is 19.5. The summed E-state index contributed by atoms with van der Waals surface area (Å²) in [4.78, 5) is 0. The number of ether oxygens (including phenoxy) is 1. The van der Waals surface area contributed by atoms with Crippen molar-refractivity contribution in [2.45, 2.75) is 81.9 Å². The van der Waals surface area contributed by atoms with Gasteiger partial charge in [0.2, 0.25) is 0 Å². The van der Waals surface area contributed by atoms with Gasteiger partial charge in [-0.2, -0.15) is 0 Å². The van der Waals surface area contributed by atoms with Gasteiger partial charge in [-0.25, -0.2) is 0 Å². The number of hydrogen-bond acceptors (Lipinski definition) is 4. The lowest BCUT2D eigenvalue weighted by molar-refractivity contribution is -0.174. The summed E-state index contributed by atoms with van der Waals surface area (Å²) in [6.45, 7) is 11.8. The van der Waals surface area contributed by atoms with Crippen LogP contribution in [0.1, 0.15) is 46.5 Å². The molecule has 0 radical (unpaired) electrons. The van der Waals surface area contributed by atoms with E-state index in [-0.39, 0.29) is 17.7 Å². The molecule has 0 saturated carbocycles. The summed E-state index contributed by atoms with van der Waals surface area (Å²) in [5.74, 6) is 0. The summed E-state index contributed by atoms with van der Waals surface area (Å²) < 4.78 is 12.7. The largest absolute Gasteiger partial charge is 0.414 e. The molecule has 2 bridgehead atoms. The van der Waals surface area contributed by atoms with E-state index in [0.29, 0.717) is 25.9 Å². The molecule has 0 aromatic heterocycles. The average molecular weight is 329 g/mol. The van der Waals surface area contributed by atoms with Gasteiger partial charge in [0.05, 0.1) is 18.3 Å². The Morgan fingerprint density at radius 2 is 1.82 bits per heavy atom. The molecule has 3 atom stereocenters. The number of aliphatic hydroxyl groups excluding tert-OH is 2. The molecule has 5 heteroatoms. The zero-order chi connectivity index (χ0) is 16.6. The topological polar surface area (TPSA) is 58.9 Å². The fourth-order valence-corrected chi connectivity index (χ4v) is 4.17. The van der Waals surface area contributed by atoms with E-state index in [0.717, 1.165) is 6.42 Å². The van der Waals surface area contributed by atoms with Crippen molar-refractivity contribution < 1.29 is 19.4 Å². The lowest BCUT2D eigenvalue weighted by Crippen LogP contribution is -2.52. The minimum atomic E-state index is -1.84. The normalized spacial score (nSPS) is 35.1. The van der Waals surface area contributed by atoms with Crippen molar-refractivity contribution in [3.8, 4) is 0 Å². The van der Waals surface area contributed by atoms with E-state index >= 15 is 0 Å². The maximum Gasteiger partial charge on any atom is 0.192 e. The maximum absolute atomic E-state index is 10.3. The van der Waals surface area contributed by atoms with Crippen LogP contribution in [0, 0.1) is 0 Å². The molecule has 1 saturated heterocycles. The molecule has 0 aromatic rings. The molecule has 0 aliphatic carbocycles. The van der Waals surface area contributed by atoms with Crippen molar-refractivity contribution in [2.75, 3.05) is 13.2 Å². The average Bonchev–Trinajstić information content (AvgIpc) is 2.66. The predicted octanol–water partition coefficient (Wildman–Crippen LogP) is 3.00. The third-order valence-electron chi connectivity index (χ3n) is 5.50. The van der Waals surface area contributed by atoms with Crippen molar-refractivity contribution in [3.63, 3.8) is 0 Å². The maximum atomic E-state index is 10.3. The van der Waals surface area contributed by atoms with Crippen LogP contribution in [0.3, 0.4) is 0 Å². The first-order chi connectivity index (χ1) is 10.0. The number of hydrogen-bond donors (Lipinski definition) is 2. The summed E-state index contributed by atoms with van der Waals surface area (Å²) >= 11 is 0. The third kappa shape index (κ3) is 3.65. The minimum Gasteiger partial charge on any atom is -0.414 e. The standard InChI is InChI=1S/C17H32O4Si/c1-15(2,3)22(4,5)20-13-17-9-8-16(21-17,7-6-10-18)11-14(19)12-17/h8-9,14,18-19H,6-7,10-13H2,1-5H3/t14-,16+,17-/m1/s1. The van der Waals surface area contributed by atoms with Crippen LogP contribution in [0.2, 0.25) is 18.1 Å². The van der Waals surface area contributed by atoms with Gasteiger partial charge in [-0.3, -0.25) is 0 Å². The van der Waals surface area contributed by atoms with Gasteiger partial charge in [-0.1, -0.05) is 32.9 Å². The van der Waals surface area contributed by atoms with Gasteiger partial charge < -0.3 is 19.4 Å². The van der Waals surface area contributed by atoms with Crippen LogP contribution in [0.25, 0.3) is 0 Å². The molecule has 4 nitrogen and oxygen atoms in total. The third-order valence-corrected chi connectivity index (χ3v) is 9.98. The molecule has 1 fully saturated rings. The van der Waals surface area contributed by atoms with E-state index in [2.05, 4.69) is 46.0 Å². The molecule has 2 N–H and O–H groups in total. The molecule has 2 rings (SSSR count). The Morgan fingerprint density at radius 3 is 2.41 bits per heavy atom. The van der Waals surface area contributed by atoms with Crippen molar-refractivity contribution in [2.24, 2.45) is 0 Å². The molecular formula is C17H32O4Si. The summed E-state index contributed by atoms with van der Waals surface area (Å²) in [6.07, 6.45) is 6.46. The Bertz CT molecular complexity index is 429. The molecule has 0 spiro atoms. The van der Waals surface area contributed by atoms with Crippen molar-refractivity contribution >= 4 is 8.32 Å². The van der Waals surface area contributed by atoms with Crippen LogP contribution in [0.5, 0.6) is 0 Å². The monoisotopic (exact) mass is 328 g/mol. The second-order valence-electron chi connectivity index (χ2n) is 8.50. The molecule has 2 aliphatic rings. The Balaban J connectivity index is 2.07. The zero-order valence-electron chi connectivity index (χ0n) is 14.7. The summed E-state index contributed by atoms with van der Waals surface area (Å²) in [7, 11) is -1.84. The zero-order valence-corrected chi connectivity index (χ0v) is 15.7. The van der Waals surface area contributed by atoms with Gasteiger partial charge in [0.15, 0.2) is 8.32 Å². The second kappa shape index (κ2) is 6.02. The Kier molecular flexibility index (Phi) is 4.96. The quantitative estimate of drug-likeness (QED) is 0.581. The van der Waals surface area contributed by atoms with E-state index in [1.165, 1.54) is 0 Å². The SMILES string of the molecule is CC(C)(C)[Si](C)(C)OC[C@@]12C=C[C@@](CCCO)(C[C@@H](O)C1)O2. The van der Waals surface area contributed by atoms with E-state index in [4.69, 9.17) is 14.3 Å². The lowest BCUT2D eigenvalue weighted by atomic mass is 9.87. The van der Waals surface area contributed by atoms with E-state index < -0.39 is 19.5 Å². The number of aliphatic hydroxyl groups is 2. The van der Waals surface area contributed by atoms with Crippen molar-refractivity contribution in [3.05, 3.63) is 12.2 Å². The highest BCUT2D eigenvalue weighted by molar-refractivity contribution is 6.74. The fourth-order valence-electron chi connectivity index (χ4n) is 3.14. The predicted molar refractivity (Wildman–Crippen MR) is 90.4 cm³/mol. The second-order valence-corrected chi connectivity index (χ2v) is 13.3. The summed E-state index contributed by atoms with van der Waals surface area (Å²) in [6, 6.07) is 0. The fraction of sp³-hybridized carbons (Fsp3) is 0.882. The molecule has 0 aromatic carbocycles. The molecule has 2 heterocycles. The number of rotatable bonds is 6. The van der Waals surface area contributed by atoms with E-state index in [1.54, 1.807) is 0 Å². The highest BCUT2D eigenvalue weighted by atomic mass is 28.4. The van der Waals surface area contributed by atoms with Gasteiger partial charge in [0, 0.05) is 19.4 Å². The molecule has 22 heavy (non-hydrogen) atoms. The molecule has 0 unspecified atom stereocenters. The summed E-state index contributed by atoms with van der Waals surface area (Å²) in [5.41, 5.74) is -0.917. The molecule has 128 valence electrons. The Labute approximate surface area is 135 Å². The number of fused-ring (bicyclic) bond motifs is 2. The van der Waals surface area contributed by atoms with Gasteiger partial charge in [-0.15, -0.1) is 0 Å². The van der Waals surface area contributed by atoms with Crippen LogP contribution in [-0.4, -0.2) is 49.1 Å². The Hall–Kier alpha value is -0.203. The smallest absolute Gasteiger partial charge is 0.192 e. The van der Waals surface area contributed by atoms with Gasteiger partial charge in [-0.05, 0) is 31.0 Å². The van der Waals surface area contributed by atoms with Crippen molar-refractivity contribution in [1.82, 2.24) is 0 Å². The van der Waals surface area contributed by atoms with E-state index in [1.807, 2.05) is 0 Å². The molecule has 2 aliphatic heterocycles. The van der Waals surface area contributed by atoms with Crippen LogP contribution in [0.15, 0.2) is 12.2 Å². The van der Waals surface area contributed by atoms with Crippen molar-refractivity contribution in [1.29, 1.82) is 0 Å². The van der Waals surface area contributed by atoms with Crippen LogP contribution < -0.4 is 0 Å². The molecule has 0 amide bonds. The van der Waals surface area contributed by atoms with Gasteiger partial charge in [0.1, 0.15) is 5.60 Å². The first-order valence-corrected chi connectivity index (χ1v) is 11.3. The van der Waals surface area contributed by atoms with Crippen LogP contribution in [-0.2, 0) is 9.16 Å². The van der Waals surface area contributed by atoms with Crippen LogP contribution in [0.4, 0.5) is 0 Å². The minimum absolute atomic E-state index is 0.155. The van der Waals surface area contributed by atoms with E-state index in [9.17, 15) is 5.11 Å². The first-order valence-electron chi connectivity index (χ1n) is 8.37. The highest BCUT2D eigenvalue weighted by Crippen LogP contribution is 2.47. The van der Waals surface area contributed by atoms with Crippen LogP contribution >= 0.6 is 0 Å². The van der Waals surface area contributed by atoms with Gasteiger partial charge >= 0.3 is 0 Å².